The van der Waals surface area contributed by atoms with E-state index in [9.17, 15) is 0 Å². The maximum atomic E-state index is 5.96. The van der Waals surface area contributed by atoms with Gasteiger partial charge in [0.2, 0.25) is 0 Å². The Kier molecular flexibility index (Phi) is 4.61. The van der Waals surface area contributed by atoms with Crippen LogP contribution in [0.4, 0.5) is 5.69 Å². The predicted molar refractivity (Wildman–Crippen MR) is 79.7 cm³/mol. The van der Waals surface area contributed by atoms with Crippen molar-refractivity contribution in [2.45, 2.75) is 25.3 Å². The fourth-order valence-corrected chi connectivity index (χ4v) is 2.99. The molecule has 0 saturated heterocycles. The largest absolute Gasteiger partial charge is 0.371 e. The lowest BCUT2D eigenvalue weighted by Crippen LogP contribution is -2.31. The van der Waals surface area contributed by atoms with Gasteiger partial charge in [-0.15, -0.1) is 22.9 Å². The summed E-state index contributed by atoms with van der Waals surface area (Å²) in [6.07, 6.45) is 4.72. The van der Waals surface area contributed by atoms with E-state index in [1.165, 1.54) is 10.6 Å². The summed E-state index contributed by atoms with van der Waals surface area (Å²) < 4.78 is 0. The lowest BCUT2D eigenvalue weighted by molar-refractivity contribution is 0.686. The van der Waals surface area contributed by atoms with Crippen molar-refractivity contribution in [3.63, 3.8) is 0 Å². The fourth-order valence-electron chi connectivity index (χ4n) is 1.96. The Labute approximate surface area is 117 Å². The van der Waals surface area contributed by atoms with Gasteiger partial charge in [-0.05, 0) is 24.4 Å². The Morgan fingerprint density at radius 2 is 2.28 bits per heavy atom. The van der Waals surface area contributed by atoms with Crippen molar-refractivity contribution in [1.82, 2.24) is 4.98 Å². The van der Waals surface area contributed by atoms with Crippen LogP contribution in [0.2, 0.25) is 0 Å². The lowest BCUT2D eigenvalue weighted by atomic mass is 10.1. The topological polar surface area (TPSA) is 16.1 Å². The maximum absolute atomic E-state index is 5.96. The molecule has 0 saturated carbocycles. The highest BCUT2D eigenvalue weighted by Crippen LogP contribution is 2.23. The van der Waals surface area contributed by atoms with Gasteiger partial charge >= 0.3 is 0 Å². The molecule has 0 aliphatic rings. The average Bonchev–Trinajstić information content (AvgIpc) is 2.90. The van der Waals surface area contributed by atoms with E-state index in [1.54, 1.807) is 0 Å². The summed E-state index contributed by atoms with van der Waals surface area (Å²) in [5.41, 5.74) is 2.25. The number of thiophene rings is 1. The number of anilines is 1. The van der Waals surface area contributed by atoms with Gasteiger partial charge < -0.3 is 4.90 Å². The third kappa shape index (κ3) is 3.03. The molecule has 2 rings (SSSR count). The first-order chi connectivity index (χ1) is 8.72. The van der Waals surface area contributed by atoms with E-state index in [4.69, 9.17) is 11.6 Å². The highest BCUT2D eigenvalue weighted by atomic mass is 35.5. The van der Waals surface area contributed by atoms with E-state index in [0.29, 0.717) is 11.9 Å². The average molecular weight is 281 g/mol. The van der Waals surface area contributed by atoms with Crippen molar-refractivity contribution < 1.29 is 0 Å². The molecule has 96 valence electrons. The van der Waals surface area contributed by atoms with Crippen LogP contribution < -0.4 is 4.90 Å². The van der Waals surface area contributed by atoms with Crippen LogP contribution in [0.5, 0.6) is 0 Å². The van der Waals surface area contributed by atoms with Gasteiger partial charge in [0.15, 0.2) is 0 Å². The molecule has 0 aliphatic heterocycles. The Balaban J connectivity index is 2.12. The molecule has 0 aliphatic carbocycles. The number of alkyl halides is 1. The first-order valence-electron chi connectivity index (χ1n) is 5.96. The molecule has 4 heteroatoms. The van der Waals surface area contributed by atoms with Crippen molar-refractivity contribution in [2.75, 3.05) is 11.9 Å². The minimum absolute atomic E-state index is 0.438. The monoisotopic (exact) mass is 280 g/mol. The SMILES string of the molecule is CC(Cc1cccs1)N(C)c1ccncc1CCl. The second-order valence-corrected chi connectivity index (χ2v) is 5.68. The fraction of sp³-hybridized carbons (Fsp3) is 0.357. The first-order valence-corrected chi connectivity index (χ1v) is 7.38. The number of nitrogens with zero attached hydrogens (tertiary/aromatic N) is 2. The normalized spacial score (nSPS) is 12.4. The van der Waals surface area contributed by atoms with Gasteiger partial charge in [0, 0.05) is 48.0 Å². The minimum atomic E-state index is 0.438. The summed E-state index contributed by atoms with van der Waals surface area (Å²) in [5.74, 6) is 0.499. The highest BCUT2D eigenvalue weighted by molar-refractivity contribution is 7.09. The summed E-state index contributed by atoms with van der Waals surface area (Å²) in [5, 5.41) is 2.12. The van der Waals surface area contributed by atoms with E-state index in [1.807, 2.05) is 29.8 Å². The number of pyridine rings is 1. The smallest absolute Gasteiger partial charge is 0.0509 e. The predicted octanol–water partition coefficient (Wildman–Crippen LogP) is 3.95. The molecule has 18 heavy (non-hydrogen) atoms. The molecule has 0 bridgehead atoms. The molecule has 0 spiro atoms. The molecule has 0 amide bonds. The molecule has 0 N–H and O–H groups in total. The molecular weight excluding hydrogens is 264 g/mol. The number of halogens is 1. The van der Waals surface area contributed by atoms with E-state index < -0.39 is 0 Å². The number of rotatable bonds is 5. The molecule has 2 heterocycles. The molecule has 1 unspecified atom stereocenters. The highest BCUT2D eigenvalue weighted by Gasteiger charge is 2.14. The summed E-state index contributed by atoms with van der Waals surface area (Å²) in [6.45, 7) is 2.23. The third-order valence-electron chi connectivity index (χ3n) is 3.14. The van der Waals surface area contributed by atoms with Gasteiger partial charge in [-0.3, -0.25) is 4.98 Å². The lowest BCUT2D eigenvalue weighted by Gasteiger charge is -2.28. The molecule has 0 fully saturated rings. The summed E-state index contributed by atoms with van der Waals surface area (Å²) in [7, 11) is 2.11. The zero-order valence-electron chi connectivity index (χ0n) is 10.6. The quantitative estimate of drug-likeness (QED) is 0.771. The van der Waals surface area contributed by atoms with E-state index in [2.05, 4.69) is 41.4 Å². The van der Waals surface area contributed by atoms with Gasteiger partial charge in [0.05, 0.1) is 5.88 Å². The first kappa shape index (κ1) is 13.4. The van der Waals surface area contributed by atoms with Crippen LogP contribution in [-0.2, 0) is 12.3 Å². The number of likely N-dealkylation sites (N-methyl/N-ethyl adjacent to an activating group) is 1. The van der Waals surface area contributed by atoms with Crippen LogP contribution in [0.25, 0.3) is 0 Å². The number of hydrogen-bond acceptors (Lipinski definition) is 3. The Morgan fingerprint density at radius 3 is 2.94 bits per heavy atom. The van der Waals surface area contributed by atoms with Crippen LogP contribution in [0, 0.1) is 0 Å². The van der Waals surface area contributed by atoms with Crippen LogP contribution in [0.15, 0.2) is 36.0 Å². The van der Waals surface area contributed by atoms with Crippen LogP contribution in [0.3, 0.4) is 0 Å². The second kappa shape index (κ2) is 6.21. The van der Waals surface area contributed by atoms with Gasteiger partial charge in [0.1, 0.15) is 0 Å². The van der Waals surface area contributed by atoms with E-state index in [0.717, 1.165) is 12.0 Å². The van der Waals surface area contributed by atoms with Gasteiger partial charge in [0.25, 0.3) is 0 Å². The van der Waals surface area contributed by atoms with Gasteiger partial charge in [-0.1, -0.05) is 6.07 Å². The molecule has 0 aromatic carbocycles. The van der Waals surface area contributed by atoms with Crippen LogP contribution >= 0.6 is 22.9 Å². The third-order valence-corrected chi connectivity index (χ3v) is 4.33. The van der Waals surface area contributed by atoms with Crippen molar-refractivity contribution in [3.05, 3.63) is 46.4 Å². The molecule has 2 aromatic rings. The second-order valence-electron chi connectivity index (χ2n) is 4.38. The Hall–Kier alpha value is -1.06. The number of hydrogen-bond donors (Lipinski definition) is 0. The maximum Gasteiger partial charge on any atom is 0.0509 e. The molecule has 0 radical (unpaired) electrons. The summed E-state index contributed by atoms with van der Waals surface area (Å²) >= 11 is 7.77. The number of aromatic nitrogens is 1. The van der Waals surface area contributed by atoms with E-state index in [-0.39, 0.29) is 0 Å². The Bertz CT molecular complexity index is 484. The summed E-state index contributed by atoms with van der Waals surface area (Å²) in [4.78, 5) is 7.81. The van der Waals surface area contributed by atoms with Crippen LogP contribution in [0.1, 0.15) is 17.4 Å². The summed E-state index contributed by atoms with van der Waals surface area (Å²) in [6, 6.07) is 6.75. The minimum Gasteiger partial charge on any atom is -0.371 e. The van der Waals surface area contributed by atoms with Crippen molar-refractivity contribution in [3.8, 4) is 0 Å². The molecule has 2 aromatic heterocycles. The van der Waals surface area contributed by atoms with E-state index >= 15 is 0 Å². The molecule has 1 atom stereocenters. The standard InChI is InChI=1S/C14H17ClN2S/c1-11(8-13-4-3-7-18-13)17(2)14-5-6-16-10-12(14)9-15/h3-7,10-11H,8-9H2,1-2H3. The Morgan fingerprint density at radius 1 is 1.44 bits per heavy atom. The van der Waals surface area contributed by atoms with Crippen molar-refractivity contribution in [1.29, 1.82) is 0 Å². The van der Waals surface area contributed by atoms with Gasteiger partial charge in [-0.25, -0.2) is 0 Å². The van der Waals surface area contributed by atoms with Gasteiger partial charge in [-0.2, -0.15) is 0 Å². The van der Waals surface area contributed by atoms with Crippen molar-refractivity contribution in [2.24, 2.45) is 0 Å². The zero-order valence-corrected chi connectivity index (χ0v) is 12.2. The molecule has 2 nitrogen and oxygen atoms in total. The zero-order chi connectivity index (χ0) is 13.0. The van der Waals surface area contributed by atoms with Crippen molar-refractivity contribution >= 4 is 28.6 Å². The van der Waals surface area contributed by atoms with Crippen LogP contribution in [-0.4, -0.2) is 18.1 Å². The molecular formula is C14H17ClN2S.